The molecule has 0 spiro atoms. The van der Waals surface area contributed by atoms with Gasteiger partial charge in [0.15, 0.2) is 5.82 Å². The van der Waals surface area contributed by atoms with Gasteiger partial charge in [-0.1, -0.05) is 6.92 Å². The Morgan fingerprint density at radius 3 is 3.00 bits per heavy atom. The van der Waals surface area contributed by atoms with Gasteiger partial charge in [0.05, 0.1) is 15.1 Å². The van der Waals surface area contributed by atoms with Crippen molar-refractivity contribution in [2.24, 2.45) is 0 Å². The Kier molecular flexibility index (Phi) is 4.43. The zero-order valence-corrected chi connectivity index (χ0v) is 12.2. The van der Waals surface area contributed by atoms with Crippen LogP contribution < -0.4 is 11.0 Å². The molecule has 0 fully saturated rings. The third kappa shape index (κ3) is 3.48. The van der Waals surface area contributed by atoms with Gasteiger partial charge in [0.2, 0.25) is 0 Å². The summed E-state index contributed by atoms with van der Waals surface area (Å²) in [7, 11) is 0. The molecule has 0 saturated heterocycles. The summed E-state index contributed by atoms with van der Waals surface area (Å²) in [6, 6.07) is 3.39. The van der Waals surface area contributed by atoms with Crippen molar-refractivity contribution in [3.63, 3.8) is 0 Å². The van der Waals surface area contributed by atoms with Gasteiger partial charge in [-0.3, -0.25) is 9.78 Å². The summed E-state index contributed by atoms with van der Waals surface area (Å²) in [6.45, 7) is 3.83. The number of carbonyl (C=O) groups is 1. The maximum absolute atomic E-state index is 12.0. The van der Waals surface area contributed by atoms with Crippen LogP contribution in [0.2, 0.25) is 0 Å². The van der Waals surface area contributed by atoms with Gasteiger partial charge in [-0.05, 0) is 24.8 Å². The van der Waals surface area contributed by atoms with Crippen LogP contribution in [0, 0.1) is 0 Å². The number of nitrogens with zero attached hydrogens (tertiary/aromatic N) is 1. The molecule has 6 nitrogen and oxygen atoms in total. The number of hydrogen-bond acceptors (Lipinski definition) is 5. The number of H-pyrrole nitrogens is 2. The van der Waals surface area contributed by atoms with Gasteiger partial charge in [-0.2, -0.15) is 5.10 Å². The average Bonchev–Trinajstić information content (AvgIpc) is 2.98. The molecule has 2 rings (SSSR count). The highest BCUT2D eigenvalue weighted by atomic mass is 32.2. The molecule has 1 atom stereocenters. The van der Waals surface area contributed by atoms with Crippen LogP contribution in [0.1, 0.15) is 35.4 Å². The normalized spacial score (nSPS) is 12.3. The lowest BCUT2D eigenvalue weighted by atomic mass is 10.3. The second-order valence-electron chi connectivity index (χ2n) is 3.81. The lowest BCUT2D eigenvalue weighted by Gasteiger charge is -2.09. The first kappa shape index (κ1) is 13.9. The summed E-state index contributed by atoms with van der Waals surface area (Å²) < 4.78 is 1.12. The van der Waals surface area contributed by atoms with E-state index in [9.17, 15) is 9.59 Å². The Labute approximate surface area is 118 Å². The van der Waals surface area contributed by atoms with E-state index < -0.39 is 0 Å². The summed E-state index contributed by atoms with van der Waals surface area (Å²) >= 11 is 3.16. The van der Waals surface area contributed by atoms with Crippen LogP contribution in [-0.4, -0.2) is 26.8 Å². The van der Waals surface area contributed by atoms with Crippen LogP contribution in [0.25, 0.3) is 0 Å². The molecule has 19 heavy (non-hydrogen) atoms. The average molecular weight is 298 g/mol. The molecular weight excluding hydrogens is 284 g/mol. The minimum absolute atomic E-state index is 0.163. The number of thioether (sulfide) groups is 1. The topological polar surface area (TPSA) is 90.6 Å². The number of carbonyl (C=O) groups excluding carboxylic acids is 1. The third-order valence-electron chi connectivity index (χ3n) is 2.37. The van der Waals surface area contributed by atoms with Gasteiger partial charge in [0.25, 0.3) is 5.91 Å². The van der Waals surface area contributed by atoms with Crippen molar-refractivity contribution < 1.29 is 4.79 Å². The second kappa shape index (κ2) is 6.07. The molecule has 2 aromatic rings. The fourth-order valence-corrected chi connectivity index (χ4v) is 3.43. The van der Waals surface area contributed by atoms with Crippen molar-refractivity contribution in [3.05, 3.63) is 33.3 Å². The highest BCUT2D eigenvalue weighted by Gasteiger charge is 2.15. The summed E-state index contributed by atoms with van der Waals surface area (Å²) in [6.07, 6.45) is 0. The van der Waals surface area contributed by atoms with Crippen molar-refractivity contribution in [3.8, 4) is 0 Å². The van der Waals surface area contributed by atoms with Gasteiger partial charge in [-0.25, -0.2) is 9.89 Å². The first-order valence-electron chi connectivity index (χ1n) is 5.78. The van der Waals surface area contributed by atoms with E-state index in [4.69, 9.17) is 0 Å². The maximum atomic E-state index is 12.0. The molecule has 8 heteroatoms. The number of aromatic amines is 2. The van der Waals surface area contributed by atoms with Gasteiger partial charge in [-0.15, -0.1) is 23.1 Å². The van der Waals surface area contributed by atoms with Crippen molar-refractivity contribution >= 4 is 29.0 Å². The summed E-state index contributed by atoms with van der Waals surface area (Å²) in [5, 5.41) is 8.85. The zero-order valence-electron chi connectivity index (χ0n) is 10.5. The van der Waals surface area contributed by atoms with E-state index in [-0.39, 0.29) is 17.6 Å². The van der Waals surface area contributed by atoms with E-state index in [1.54, 1.807) is 24.8 Å². The van der Waals surface area contributed by atoms with Crippen molar-refractivity contribution in [1.29, 1.82) is 0 Å². The molecule has 0 unspecified atom stereocenters. The summed E-state index contributed by atoms with van der Waals surface area (Å²) in [5.41, 5.74) is -0.381. The summed E-state index contributed by atoms with van der Waals surface area (Å²) in [4.78, 5) is 26.1. The molecule has 0 bridgehead atoms. The molecule has 3 N–H and O–H groups in total. The molecule has 102 valence electrons. The molecule has 0 aromatic carbocycles. The van der Waals surface area contributed by atoms with Crippen LogP contribution in [0.4, 0.5) is 0 Å². The van der Waals surface area contributed by atoms with Gasteiger partial charge >= 0.3 is 5.69 Å². The highest BCUT2D eigenvalue weighted by Crippen LogP contribution is 2.27. The number of thiophene rings is 1. The maximum Gasteiger partial charge on any atom is 0.340 e. The van der Waals surface area contributed by atoms with Gasteiger partial charge in [0.1, 0.15) is 0 Å². The smallest absolute Gasteiger partial charge is 0.340 e. The van der Waals surface area contributed by atoms with Crippen LogP contribution in [0.5, 0.6) is 0 Å². The van der Waals surface area contributed by atoms with Crippen LogP contribution in [0.15, 0.2) is 21.1 Å². The van der Waals surface area contributed by atoms with Crippen molar-refractivity contribution in [2.75, 3.05) is 5.75 Å². The first-order valence-corrected chi connectivity index (χ1v) is 7.58. The van der Waals surface area contributed by atoms with E-state index in [1.807, 2.05) is 6.07 Å². The quantitative estimate of drug-likeness (QED) is 0.734. The Hall–Kier alpha value is -1.54. The van der Waals surface area contributed by atoms with Gasteiger partial charge in [0, 0.05) is 0 Å². The number of rotatable bonds is 5. The minimum Gasteiger partial charge on any atom is -0.342 e. The Morgan fingerprint density at radius 2 is 2.37 bits per heavy atom. The van der Waals surface area contributed by atoms with Crippen LogP contribution in [-0.2, 0) is 0 Å². The molecule has 2 aromatic heterocycles. The lowest BCUT2D eigenvalue weighted by molar-refractivity contribution is 0.0942. The van der Waals surface area contributed by atoms with E-state index in [0.717, 1.165) is 9.96 Å². The first-order chi connectivity index (χ1) is 9.10. The Balaban J connectivity index is 2.01. The molecule has 0 aliphatic heterocycles. The standard InChI is InChI=1S/C11H14N4O2S2/c1-3-18-8-5-4-7(19-8)10(16)12-6(2)9-13-11(17)15-14-9/h4-6H,3H2,1-2H3,(H,12,16)(H2,13,14,15,17)/t6-/m0/s1. The zero-order chi connectivity index (χ0) is 13.8. The molecule has 0 aliphatic rings. The van der Waals surface area contributed by atoms with E-state index >= 15 is 0 Å². The molecule has 0 saturated carbocycles. The van der Waals surface area contributed by atoms with E-state index in [0.29, 0.717) is 10.7 Å². The minimum atomic E-state index is -0.381. The molecule has 0 radical (unpaired) electrons. The summed E-state index contributed by atoms with van der Waals surface area (Å²) in [5.74, 6) is 1.23. The predicted octanol–water partition coefficient (Wildman–Crippen LogP) is 1.76. The molecule has 1 amide bonds. The largest absolute Gasteiger partial charge is 0.342 e. The highest BCUT2D eigenvalue weighted by molar-refractivity contribution is 8.01. The second-order valence-corrected chi connectivity index (χ2v) is 6.46. The van der Waals surface area contributed by atoms with Crippen molar-refractivity contribution in [2.45, 2.75) is 24.1 Å². The van der Waals surface area contributed by atoms with Crippen molar-refractivity contribution in [1.82, 2.24) is 20.5 Å². The number of nitrogens with one attached hydrogen (secondary N) is 3. The molecular formula is C11H14N4O2S2. The molecule has 2 heterocycles. The monoisotopic (exact) mass is 298 g/mol. The lowest BCUT2D eigenvalue weighted by Crippen LogP contribution is -2.26. The number of hydrogen-bond donors (Lipinski definition) is 3. The number of amides is 1. The van der Waals surface area contributed by atoms with E-state index in [2.05, 4.69) is 27.4 Å². The van der Waals surface area contributed by atoms with E-state index in [1.165, 1.54) is 11.3 Å². The fraction of sp³-hybridized carbons (Fsp3) is 0.364. The third-order valence-corrected chi connectivity index (χ3v) is 4.56. The fourth-order valence-electron chi connectivity index (χ4n) is 1.49. The Bertz CT molecular complexity index is 616. The molecule has 0 aliphatic carbocycles. The Morgan fingerprint density at radius 1 is 1.58 bits per heavy atom. The van der Waals surface area contributed by atoms with Crippen LogP contribution >= 0.6 is 23.1 Å². The predicted molar refractivity (Wildman–Crippen MR) is 75.8 cm³/mol. The SMILES string of the molecule is CCSc1ccc(C(=O)N[C@@H](C)c2n[nH]c(=O)[nH]2)s1. The van der Waals surface area contributed by atoms with Crippen LogP contribution in [0.3, 0.4) is 0 Å². The van der Waals surface area contributed by atoms with Gasteiger partial charge < -0.3 is 5.32 Å². The number of aromatic nitrogens is 3.